The number of nitrogens with zero attached hydrogens (tertiary/aromatic N) is 6. The minimum absolute atomic E-state index is 0.0741. The zero-order valence-corrected chi connectivity index (χ0v) is 42.3. The minimum Gasteiger partial charge on any atom is -0.379 e. The van der Waals surface area contributed by atoms with Crippen molar-refractivity contribution in [1.29, 1.82) is 10.5 Å². The van der Waals surface area contributed by atoms with E-state index in [-0.39, 0.29) is 36.8 Å². The largest absolute Gasteiger partial charge is 0.379 e. The van der Waals surface area contributed by atoms with E-state index in [1.54, 1.807) is 60.7 Å². The molecule has 4 aromatic rings. The third-order valence-electron chi connectivity index (χ3n) is 11.0. The Balaban J connectivity index is 0.000000201. The lowest BCUT2D eigenvalue weighted by atomic mass is 9.97. The highest BCUT2D eigenvalue weighted by atomic mass is 79.9. The van der Waals surface area contributed by atoms with Crippen LogP contribution in [0.25, 0.3) is 0 Å². The fraction of sp³-hybridized carbons (Fsp3) is 0.364. The van der Waals surface area contributed by atoms with Gasteiger partial charge in [0.15, 0.2) is 0 Å². The van der Waals surface area contributed by atoms with E-state index in [9.17, 15) is 19.2 Å². The SMILES string of the molecule is N#CN=C1CCOCCN1c1ccc(NC(=O)[C@@]2(NC(=O)c3ccc(Br)s3)CCOC2)cc1Cl.N#CN=C1CCOCCN1c1ccc(NC(=O)[C@]2(NC(=O)c3ccc(Br)s3)CCOC2)cc1Cl. The van der Waals surface area contributed by atoms with Crippen LogP contribution in [-0.4, -0.2) is 112 Å². The molecule has 68 heavy (non-hydrogen) atoms. The van der Waals surface area contributed by atoms with E-state index in [1.165, 1.54) is 22.7 Å². The van der Waals surface area contributed by atoms with Gasteiger partial charge in [0.2, 0.25) is 12.4 Å². The number of anilines is 4. The maximum atomic E-state index is 13.3. The van der Waals surface area contributed by atoms with Gasteiger partial charge < -0.3 is 50.0 Å². The number of hydrogen-bond donors (Lipinski definition) is 4. The molecule has 4 N–H and O–H groups in total. The number of thiophene rings is 2. The summed E-state index contributed by atoms with van der Waals surface area (Å²) in [5, 5.41) is 30.2. The number of nitriles is 2. The second-order valence-electron chi connectivity index (χ2n) is 15.4. The van der Waals surface area contributed by atoms with Crippen LogP contribution in [0.5, 0.6) is 0 Å². The van der Waals surface area contributed by atoms with Crippen molar-refractivity contribution in [3.05, 3.63) is 88.0 Å². The highest BCUT2D eigenvalue weighted by Gasteiger charge is 2.45. The zero-order valence-electron chi connectivity index (χ0n) is 36.0. The van der Waals surface area contributed by atoms with E-state index in [4.69, 9.17) is 52.7 Å². The van der Waals surface area contributed by atoms with Crippen LogP contribution in [0.3, 0.4) is 0 Å². The summed E-state index contributed by atoms with van der Waals surface area (Å²) in [7, 11) is 0. The van der Waals surface area contributed by atoms with Crippen LogP contribution in [0.15, 0.2) is 78.2 Å². The lowest BCUT2D eigenvalue weighted by Crippen LogP contribution is -2.57. The van der Waals surface area contributed by atoms with Crippen molar-refractivity contribution in [3.8, 4) is 12.4 Å². The number of aliphatic imine (C=N–C) groups is 2. The van der Waals surface area contributed by atoms with Crippen LogP contribution >= 0.6 is 77.7 Å². The molecule has 2 aromatic heterocycles. The van der Waals surface area contributed by atoms with Crippen LogP contribution in [0, 0.1) is 22.9 Å². The van der Waals surface area contributed by atoms with Gasteiger partial charge in [-0.15, -0.1) is 22.7 Å². The lowest BCUT2D eigenvalue weighted by Gasteiger charge is -2.28. The summed E-state index contributed by atoms with van der Waals surface area (Å²) in [6.07, 6.45) is 5.34. The predicted octanol–water partition coefficient (Wildman–Crippen LogP) is 7.60. The Kier molecular flexibility index (Phi) is 17.6. The molecule has 0 aliphatic carbocycles. The first-order chi connectivity index (χ1) is 32.8. The highest BCUT2D eigenvalue weighted by Crippen LogP contribution is 2.34. The van der Waals surface area contributed by atoms with Gasteiger partial charge >= 0.3 is 0 Å². The summed E-state index contributed by atoms with van der Waals surface area (Å²) in [6.45, 7) is 3.76. The maximum absolute atomic E-state index is 13.3. The normalized spacial score (nSPS) is 21.7. The minimum atomic E-state index is -1.19. The summed E-state index contributed by atoms with van der Waals surface area (Å²) in [6, 6.07) is 17.2. The molecule has 2 aromatic carbocycles. The quantitative estimate of drug-likeness (QED) is 0.113. The summed E-state index contributed by atoms with van der Waals surface area (Å²) in [5.41, 5.74) is -0.101. The fourth-order valence-electron chi connectivity index (χ4n) is 7.58. The molecular formula is C44H42Br2Cl2N10O8S2. The van der Waals surface area contributed by atoms with Gasteiger partial charge in [0, 0.05) is 63.4 Å². The van der Waals surface area contributed by atoms with Crippen LogP contribution in [0.1, 0.15) is 45.0 Å². The lowest BCUT2D eigenvalue weighted by molar-refractivity contribution is -0.122. The van der Waals surface area contributed by atoms with Crippen molar-refractivity contribution in [3.63, 3.8) is 0 Å². The Labute approximate surface area is 425 Å². The standard InChI is InChI=1S/2C22H21BrClN5O4S/c2*23-18-4-3-17(34-18)20(30)28-22(6-9-33-12-22)21(31)27-14-1-2-16(15(24)11-14)29-7-10-32-8-5-19(29)26-13-25/h2*1-4,11H,5-10,12H2,(H,27,31)(H,28,30)/t2*22-/m10/s1. The van der Waals surface area contributed by atoms with Gasteiger partial charge in [0.25, 0.3) is 23.6 Å². The molecule has 4 aliphatic heterocycles. The number of amidine groups is 2. The first kappa shape index (κ1) is 50.9. The molecule has 4 fully saturated rings. The van der Waals surface area contributed by atoms with Crippen molar-refractivity contribution < 1.29 is 38.1 Å². The number of carbonyl (C=O) groups excluding carboxylic acids is 4. The molecule has 2 atom stereocenters. The van der Waals surface area contributed by atoms with Gasteiger partial charge in [-0.1, -0.05) is 23.2 Å². The van der Waals surface area contributed by atoms with E-state index in [2.05, 4.69) is 63.1 Å². The van der Waals surface area contributed by atoms with E-state index in [0.717, 1.165) is 7.57 Å². The molecule has 356 valence electrons. The Bertz CT molecular complexity index is 2500. The molecule has 0 bridgehead atoms. The fourth-order valence-corrected chi connectivity index (χ4v) is 10.7. The van der Waals surface area contributed by atoms with Crippen molar-refractivity contribution in [2.75, 3.05) is 86.4 Å². The summed E-state index contributed by atoms with van der Waals surface area (Å²) in [5.74, 6) is -0.289. The molecule has 4 saturated heterocycles. The van der Waals surface area contributed by atoms with Crippen molar-refractivity contribution in [2.45, 2.75) is 36.8 Å². The van der Waals surface area contributed by atoms with E-state index in [1.807, 2.05) is 22.2 Å². The number of rotatable bonds is 10. The first-order valence-electron chi connectivity index (χ1n) is 21.0. The average Bonchev–Trinajstić information content (AvgIpc) is 4.12. The van der Waals surface area contributed by atoms with Gasteiger partial charge in [0.05, 0.1) is 78.4 Å². The van der Waals surface area contributed by atoms with Crippen molar-refractivity contribution in [2.24, 2.45) is 9.98 Å². The van der Waals surface area contributed by atoms with E-state index >= 15 is 0 Å². The van der Waals surface area contributed by atoms with Gasteiger partial charge in [-0.3, -0.25) is 19.2 Å². The summed E-state index contributed by atoms with van der Waals surface area (Å²) >= 11 is 22.4. The molecule has 0 radical (unpaired) electrons. The van der Waals surface area contributed by atoms with Gasteiger partial charge in [-0.05, 0) is 92.5 Å². The molecule has 24 heteroatoms. The number of halogens is 4. The number of amides is 4. The number of ether oxygens (including phenoxy) is 4. The van der Waals surface area contributed by atoms with Gasteiger partial charge in [-0.25, -0.2) is 0 Å². The maximum Gasteiger partial charge on any atom is 0.262 e. The Morgan fingerprint density at radius 2 is 1.04 bits per heavy atom. The third kappa shape index (κ3) is 12.4. The molecule has 0 unspecified atom stereocenters. The van der Waals surface area contributed by atoms with Crippen LogP contribution in [0.2, 0.25) is 10.0 Å². The average molecular weight is 1130 g/mol. The molecule has 18 nitrogen and oxygen atoms in total. The van der Waals surface area contributed by atoms with E-state index < -0.39 is 11.1 Å². The van der Waals surface area contributed by atoms with Gasteiger partial charge in [-0.2, -0.15) is 20.5 Å². The molecule has 0 spiro atoms. The van der Waals surface area contributed by atoms with Crippen LogP contribution < -0.4 is 31.1 Å². The smallest absolute Gasteiger partial charge is 0.262 e. The third-order valence-corrected chi connectivity index (χ3v) is 14.9. The topological polar surface area (TPSA) is 232 Å². The Morgan fingerprint density at radius 1 is 0.618 bits per heavy atom. The highest BCUT2D eigenvalue weighted by molar-refractivity contribution is 9.11. The van der Waals surface area contributed by atoms with Gasteiger partial charge in [0.1, 0.15) is 22.7 Å². The molecule has 6 heterocycles. The van der Waals surface area contributed by atoms with Crippen LogP contribution in [0.4, 0.5) is 22.7 Å². The monoisotopic (exact) mass is 1130 g/mol. The molecule has 4 aliphatic rings. The number of nitrogens with one attached hydrogen (secondary N) is 4. The molecule has 0 saturated carbocycles. The van der Waals surface area contributed by atoms with Crippen molar-refractivity contribution in [1.82, 2.24) is 10.6 Å². The first-order valence-corrected chi connectivity index (χ1v) is 25.0. The molecule has 4 amide bonds. The Morgan fingerprint density at radius 3 is 1.38 bits per heavy atom. The Hall–Kier alpha value is -4.98. The van der Waals surface area contributed by atoms with E-state index in [0.29, 0.717) is 133 Å². The predicted molar refractivity (Wildman–Crippen MR) is 267 cm³/mol. The summed E-state index contributed by atoms with van der Waals surface area (Å²) in [4.78, 5) is 64.5. The van der Waals surface area contributed by atoms with Crippen molar-refractivity contribution >= 4 is 136 Å². The number of carbonyl (C=O) groups is 4. The molecular weight excluding hydrogens is 1090 g/mol. The second kappa shape index (κ2) is 23.6. The van der Waals surface area contributed by atoms with Crippen LogP contribution in [-0.2, 0) is 28.5 Å². The zero-order chi connectivity index (χ0) is 48.3. The number of hydrogen-bond acceptors (Lipinski definition) is 14. The second-order valence-corrected chi connectivity index (χ2v) is 21.2. The molecule has 8 rings (SSSR count). The summed E-state index contributed by atoms with van der Waals surface area (Å²) < 4.78 is 23.6. The number of benzene rings is 2.